The van der Waals surface area contributed by atoms with Gasteiger partial charge >= 0.3 is 0 Å². The van der Waals surface area contributed by atoms with Gasteiger partial charge in [-0.1, -0.05) is 20.8 Å². The van der Waals surface area contributed by atoms with Crippen molar-refractivity contribution in [2.24, 2.45) is 5.16 Å². The van der Waals surface area contributed by atoms with Gasteiger partial charge < -0.3 is 19.1 Å². The van der Waals surface area contributed by atoms with E-state index < -0.39 is 32.4 Å². The first-order valence-corrected chi connectivity index (χ1v) is 10.0. The summed E-state index contributed by atoms with van der Waals surface area (Å²) in [5.74, 6) is -0.713. The van der Waals surface area contributed by atoms with Crippen LogP contribution < -0.4 is 0 Å². The molecule has 6 heteroatoms. The second-order valence-electron chi connectivity index (χ2n) is 7.41. The van der Waals surface area contributed by atoms with Gasteiger partial charge in [0.25, 0.3) is 8.32 Å². The predicted octanol–water partition coefficient (Wildman–Crippen LogP) is 2.89. The lowest BCUT2D eigenvalue weighted by atomic mass is 10.1. The monoisotopic (exact) mass is 303 g/mol. The summed E-state index contributed by atoms with van der Waals surface area (Å²) in [6.45, 7) is 16.1. The Morgan fingerprint density at radius 2 is 1.85 bits per heavy atom. The van der Waals surface area contributed by atoms with Crippen LogP contribution in [-0.2, 0) is 14.0 Å². The van der Waals surface area contributed by atoms with Crippen molar-refractivity contribution in [3.05, 3.63) is 0 Å². The standard InChI is InChI=1S/C14H29NO4Si/c1-10(16)12-11(17-14(5,6)18-12)9-15-19-20(7,8)13(2,3)4/h9-12,16H,1-8H3/b15-9+/t10-,11+,12-/m1/s1. The van der Waals surface area contributed by atoms with E-state index in [-0.39, 0.29) is 5.04 Å². The van der Waals surface area contributed by atoms with E-state index in [0.29, 0.717) is 0 Å². The fourth-order valence-corrected chi connectivity index (χ4v) is 2.26. The minimum Gasteiger partial charge on any atom is -0.455 e. The zero-order valence-corrected chi connectivity index (χ0v) is 14.9. The molecule has 20 heavy (non-hydrogen) atoms. The number of oxime groups is 1. The van der Waals surface area contributed by atoms with Gasteiger partial charge in [0.15, 0.2) is 5.79 Å². The Balaban J connectivity index is 2.70. The fraction of sp³-hybridized carbons (Fsp3) is 0.929. The predicted molar refractivity (Wildman–Crippen MR) is 82.3 cm³/mol. The van der Waals surface area contributed by atoms with Crippen molar-refractivity contribution in [1.29, 1.82) is 0 Å². The molecule has 1 aliphatic heterocycles. The van der Waals surface area contributed by atoms with E-state index >= 15 is 0 Å². The molecule has 0 aromatic carbocycles. The van der Waals surface area contributed by atoms with Crippen molar-refractivity contribution in [3.63, 3.8) is 0 Å². The van der Waals surface area contributed by atoms with E-state index in [0.717, 1.165) is 0 Å². The molecule has 118 valence electrons. The van der Waals surface area contributed by atoms with E-state index in [2.05, 4.69) is 39.0 Å². The fourth-order valence-electron chi connectivity index (χ4n) is 1.66. The third kappa shape index (κ3) is 4.28. The largest absolute Gasteiger partial charge is 0.455 e. The highest BCUT2D eigenvalue weighted by atomic mass is 28.4. The molecule has 1 fully saturated rings. The minimum atomic E-state index is -1.92. The highest BCUT2D eigenvalue weighted by Crippen LogP contribution is 2.36. The van der Waals surface area contributed by atoms with E-state index in [1.165, 1.54) is 0 Å². The lowest BCUT2D eigenvalue weighted by molar-refractivity contribution is -0.151. The van der Waals surface area contributed by atoms with E-state index in [1.807, 2.05) is 13.8 Å². The molecular weight excluding hydrogens is 274 g/mol. The van der Waals surface area contributed by atoms with Gasteiger partial charge in [-0.2, -0.15) is 0 Å². The number of hydrogen-bond donors (Lipinski definition) is 1. The van der Waals surface area contributed by atoms with Gasteiger partial charge in [-0.25, -0.2) is 0 Å². The van der Waals surface area contributed by atoms with Crippen LogP contribution in [0, 0.1) is 0 Å². The quantitative estimate of drug-likeness (QED) is 0.493. The Labute approximate surface area is 123 Å². The molecule has 0 aromatic rings. The molecule has 0 radical (unpaired) electrons. The van der Waals surface area contributed by atoms with Gasteiger partial charge in [-0.05, 0) is 38.9 Å². The van der Waals surface area contributed by atoms with Crippen LogP contribution in [-0.4, -0.2) is 43.7 Å². The third-order valence-corrected chi connectivity index (χ3v) is 8.11. The summed E-state index contributed by atoms with van der Waals surface area (Å²) in [5.41, 5.74) is 0. The molecular formula is C14H29NO4Si. The molecule has 0 bridgehead atoms. The summed E-state index contributed by atoms with van der Waals surface area (Å²) in [7, 11) is -1.92. The van der Waals surface area contributed by atoms with Crippen LogP contribution in [0.4, 0.5) is 0 Å². The highest BCUT2D eigenvalue weighted by molar-refractivity contribution is 6.74. The van der Waals surface area contributed by atoms with Crippen LogP contribution in [0.2, 0.25) is 18.1 Å². The molecule has 0 amide bonds. The topological polar surface area (TPSA) is 60.3 Å². The number of rotatable bonds is 4. The number of aliphatic hydroxyl groups excluding tert-OH is 1. The average molecular weight is 303 g/mol. The molecule has 0 unspecified atom stereocenters. The van der Waals surface area contributed by atoms with E-state index in [9.17, 15) is 5.11 Å². The van der Waals surface area contributed by atoms with Crippen LogP contribution in [0.5, 0.6) is 0 Å². The van der Waals surface area contributed by atoms with Crippen molar-refractivity contribution < 1.29 is 19.1 Å². The molecule has 0 aromatic heterocycles. The van der Waals surface area contributed by atoms with Crippen LogP contribution in [0.25, 0.3) is 0 Å². The van der Waals surface area contributed by atoms with Crippen LogP contribution in [0.1, 0.15) is 41.5 Å². The third-order valence-electron chi connectivity index (χ3n) is 3.93. The average Bonchev–Trinajstić information content (AvgIpc) is 2.52. The number of hydrogen-bond acceptors (Lipinski definition) is 5. The first kappa shape index (κ1) is 17.6. The summed E-state index contributed by atoms with van der Waals surface area (Å²) in [6.07, 6.45) is 0.166. The molecule has 1 N–H and O–H groups in total. The van der Waals surface area contributed by atoms with E-state index in [1.54, 1.807) is 13.1 Å². The molecule has 1 rings (SSSR count). The van der Waals surface area contributed by atoms with Crippen LogP contribution in [0.15, 0.2) is 5.16 Å². The van der Waals surface area contributed by atoms with Gasteiger partial charge in [-0.3, -0.25) is 0 Å². The van der Waals surface area contributed by atoms with Gasteiger partial charge in [0.05, 0.1) is 12.3 Å². The zero-order valence-electron chi connectivity index (χ0n) is 13.9. The van der Waals surface area contributed by atoms with Crippen molar-refractivity contribution in [2.75, 3.05) is 0 Å². The second-order valence-corrected chi connectivity index (χ2v) is 12.1. The first-order valence-electron chi connectivity index (χ1n) is 7.11. The molecule has 0 aliphatic carbocycles. The summed E-state index contributed by atoms with van der Waals surface area (Å²) in [4.78, 5) is 0. The van der Waals surface area contributed by atoms with Crippen molar-refractivity contribution in [1.82, 2.24) is 0 Å². The molecule has 3 atom stereocenters. The van der Waals surface area contributed by atoms with Crippen LogP contribution >= 0.6 is 0 Å². The summed E-state index contributed by atoms with van der Waals surface area (Å²) in [6, 6.07) is 0. The Morgan fingerprint density at radius 1 is 1.30 bits per heavy atom. The van der Waals surface area contributed by atoms with Crippen molar-refractivity contribution in [3.8, 4) is 0 Å². The maximum Gasteiger partial charge on any atom is 0.286 e. The number of aliphatic hydroxyl groups is 1. The molecule has 5 nitrogen and oxygen atoms in total. The normalized spacial score (nSPS) is 28.9. The summed E-state index contributed by atoms with van der Waals surface area (Å²) >= 11 is 0. The SMILES string of the molecule is C[C@@H](O)[C@H]1OC(C)(C)O[C@H]1/C=N/O[Si](C)(C)C(C)(C)C. The van der Waals surface area contributed by atoms with Gasteiger partial charge in [-0.15, -0.1) is 5.16 Å². The maximum absolute atomic E-state index is 9.74. The minimum absolute atomic E-state index is 0.0975. The summed E-state index contributed by atoms with van der Waals surface area (Å²) < 4.78 is 17.1. The number of ether oxygens (including phenoxy) is 2. The second kappa shape index (κ2) is 5.75. The zero-order chi connectivity index (χ0) is 15.8. The van der Waals surface area contributed by atoms with E-state index in [4.69, 9.17) is 14.0 Å². The van der Waals surface area contributed by atoms with Crippen LogP contribution in [0.3, 0.4) is 0 Å². The first-order chi connectivity index (χ1) is 8.86. The highest BCUT2D eigenvalue weighted by Gasteiger charge is 2.43. The van der Waals surface area contributed by atoms with Gasteiger partial charge in [0.1, 0.15) is 12.2 Å². The Morgan fingerprint density at radius 3 is 2.30 bits per heavy atom. The smallest absolute Gasteiger partial charge is 0.286 e. The lowest BCUT2D eigenvalue weighted by Crippen LogP contribution is -2.39. The Kier molecular flexibility index (Phi) is 5.07. The summed E-state index contributed by atoms with van der Waals surface area (Å²) in [5, 5.41) is 14.0. The van der Waals surface area contributed by atoms with Crippen molar-refractivity contribution in [2.45, 2.75) is 83.8 Å². The molecule has 0 saturated carbocycles. The molecule has 1 saturated heterocycles. The maximum atomic E-state index is 9.74. The molecule has 0 spiro atoms. The van der Waals surface area contributed by atoms with Gasteiger partial charge in [0.2, 0.25) is 0 Å². The molecule has 1 aliphatic rings. The van der Waals surface area contributed by atoms with Crippen molar-refractivity contribution >= 4 is 14.5 Å². The lowest BCUT2D eigenvalue weighted by Gasteiger charge is -2.33. The Bertz CT molecular complexity index is 361. The Hall–Kier alpha value is -0.433. The number of nitrogens with zero attached hydrogens (tertiary/aromatic N) is 1. The van der Waals surface area contributed by atoms with Gasteiger partial charge in [0, 0.05) is 0 Å². The molecule has 1 heterocycles.